The first-order valence-electron chi connectivity index (χ1n) is 16.1. The molecule has 6 heteroatoms. The van der Waals surface area contributed by atoms with Crippen LogP contribution in [0.3, 0.4) is 0 Å². The topological polar surface area (TPSA) is 38.9 Å². The van der Waals surface area contributed by atoms with Crippen LogP contribution in [-0.4, -0.2) is 23.2 Å². The number of furan rings is 1. The molecule has 3 nitrogen and oxygen atoms in total. The van der Waals surface area contributed by atoms with Gasteiger partial charge in [0.25, 0.3) is 0 Å². The summed E-state index contributed by atoms with van der Waals surface area (Å²) in [6, 6.07) is 39.8. The van der Waals surface area contributed by atoms with E-state index in [1.165, 1.54) is 16.0 Å². The third-order valence-electron chi connectivity index (χ3n) is 8.78. The molecule has 245 valence electrons. The summed E-state index contributed by atoms with van der Waals surface area (Å²) in [7, 11) is 0. The fourth-order valence-corrected chi connectivity index (χ4v) is 7.70. The van der Waals surface area contributed by atoms with Crippen LogP contribution in [-0.2, 0) is 20.1 Å². The molecular weight excluding hydrogens is 832 g/mol. The van der Waals surface area contributed by atoms with Gasteiger partial charge in [0.05, 0.1) is 5.58 Å². The molecule has 0 aliphatic carbocycles. The van der Waals surface area contributed by atoms with E-state index in [2.05, 4.69) is 84.4 Å². The Labute approximate surface area is 299 Å². The molecule has 0 saturated carbocycles. The quantitative estimate of drug-likeness (QED) is 0.123. The third-order valence-corrected chi connectivity index (χ3v) is 13.0. The Morgan fingerprint density at radius 2 is 1.54 bits per heavy atom. The van der Waals surface area contributed by atoms with Gasteiger partial charge in [0.2, 0.25) is 0 Å². The fraction of sp³-hybridized carbons (Fsp3) is 0.190. The molecule has 0 aliphatic rings. The number of halogens is 1. The van der Waals surface area contributed by atoms with E-state index in [1.54, 1.807) is 12.1 Å². The predicted molar refractivity (Wildman–Crippen MR) is 196 cm³/mol. The summed E-state index contributed by atoms with van der Waals surface area (Å²) in [5.74, 6) is 7.92. The van der Waals surface area contributed by atoms with Gasteiger partial charge in [-0.1, -0.05) is 74.2 Å². The van der Waals surface area contributed by atoms with E-state index in [0.29, 0.717) is 23.0 Å². The molecule has 1 atom stereocenters. The SMILES string of the molecule is CC(C)C(C)c1ccnc(-c2[c-]c3oc4ccc(-c5ccccc5F)cc4c3cc2)c1.[CH3][Ge]([CH3])([CH3])[c]1ccc(-c2[c-]cccc2)nc1.[Ir]. The third kappa shape index (κ3) is 7.86. The maximum absolute atomic E-state index is 14.3. The van der Waals surface area contributed by atoms with E-state index in [-0.39, 0.29) is 25.9 Å². The number of hydrogen-bond acceptors (Lipinski definition) is 3. The van der Waals surface area contributed by atoms with Crippen LogP contribution in [0.4, 0.5) is 4.39 Å². The van der Waals surface area contributed by atoms with Crippen molar-refractivity contribution in [2.75, 3.05) is 0 Å². The molecule has 0 bridgehead atoms. The zero-order chi connectivity index (χ0) is 33.1. The molecule has 0 N–H and O–H groups in total. The molecule has 1 unspecified atom stereocenters. The molecule has 3 aromatic heterocycles. The van der Waals surface area contributed by atoms with Crippen LogP contribution in [0.1, 0.15) is 32.3 Å². The van der Waals surface area contributed by atoms with Gasteiger partial charge >= 0.3 is 99.8 Å². The van der Waals surface area contributed by atoms with Gasteiger partial charge in [-0.2, -0.15) is 0 Å². The summed E-state index contributed by atoms with van der Waals surface area (Å²) < 4.78 is 21.8. The average molecular weight is 872 g/mol. The van der Waals surface area contributed by atoms with Crippen molar-refractivity contribution in [1.82, 2.24) is 9.97 Å². The number of nitrogens with zero attached hydrogens (tertiary/aromatic N) is 2. The Morgan fingerprint density at radius 1 is 0.750 bits per heavy atom. The van der Waals surface area contributed by atoms with Crippen molar-refractivity contribution in [2.24, 2.45) is 5.92 Å². The van der Waals surface area contributed by atoms with E-state index in [9.17, 15) is 4.39 Å². The standard InChI is InChI=1S/C28H23FNO.C14H16GeN.Ir/c1-17(2)18(3)19-12-13-30-26(15-19)21-8-10-23-24-14-20(22-6-4-5-7-25(22)29)9-11-27(24)31-28(23)16-21;1-15(2,3)13-9-10-14(16-11-13)12-7-5-4-6-8-12;/h4-15,17-18H,1-3H3;4-7,9-11H,1-3H3;/q2*-1;. The summed E-state index contributed by atoms with van der Waals surface area (Å²) in [6.45, 7) is 6.70. The minimum absolute atomic E-state index is 0. The second kappa shape index (κ2) is 15.1. The molecule has 0 fully saturated rings. The molecule has 0 saturated heterocycles. The first-order valence-corrected chi connectivity index (χ1v) is 23.5. The first-order chi connectivity index (χ1) is 22.6. The molecule has 1 radical (unpaired) electrons. The Morgan fingerprint density at radius 3 is 2.23 bits per heavy atom. The summed E-state index contributed by atoms with van der Waals surface area (Å²) in [4.78, 5) is 9.09. The summed E-state index contributed by atoms with van der Waals surface area (Å²) in [5.41, 5.74) is 7.99. The summed E-state index contributed by atoms with van der Waals surface area (Å²) >= 11 is -1.72. The normalized spacial score (nSPS) is 12.0. The fourth-order valence-electron chi connectivity index (χ4n) is 5.53. The van der Waals surface area contributed by atoms with E-state index in [0.717, 1.165) is 44.4 Å². The van der Waals surface area contributed by atoms with E-state index >= 15 is 0 Å². The molecule has 7 rings (SSSR count). The van der Waals surface area contributed by atoms with Gasteiger partial charge in [0.15, 0.2) is 0 Å². The Balaban J connectivity index is 0.000000224. The predicted octanol–water partition coefficient (Wildman–Crippen LogP) is 11.1. The number of hydrogen-bond donors (Lipinski definition) is 0. The number of pyridine rings is 2. The van der Waals surface area contributed by atoms with Crippen molar-refractivity contribution in [1.29, 1.82) is 0 Å². The average Bonchev–Trinajstić information content (AvgIpc) is 3.46. The van der Waals surface area contributed by atoms with E-state index < -0.39 is 13.3 Å². The number of aromatic nitrogens is 2. The van der Waals surface area contributed by atoms with Crippen LogP contribution in [0.5, 0.6) is 0 Å². The van der Waals surface area contributed by atoms with Crippen LogP contribution >= 0.6 is 0 Å². The number of rotatable bonds is 6. The Hall–Kier alpha value is -3.90. The van der Waals surface area contributed by atoms with Crippen molar-refractivity contribution in [2.45, 2.75) is 44.0 Å². The minimum Gasteiger partial charge on any atom is 0 e. The van der Waals surface area contributed by atoms with Gasteiger partial charge in [-0.25, -0.2) is 4.39 Å². The molecule has 3 heterocycles. The summed E-state index contributed by atoms with van der Waals surface area (Å²) in [6.07, 6.45) is 3.90. The zero-order valence-corrected chi connectivity index (χ0v) is 32.6. The monoisotopic (exact) mass is 873 g/mol. The number of fused-ring (bicyclic) bond motifs is 3. The Bertz CT molecular complexity index is 2140. The maximum Gasteiger partial charge on any atom is 0 e. The molecule has 7 aromatic rings. The largest absolute Gasteiger partial charge is 0 e. The Kier molecular flexibility index (Phi) is 11.1. The number of benzene rings is 4. The molecule has 48 heavy (non-hydrogen) atoms. The second-order valence-corrected chi connectivity index (χ2v) is 24.0. The van der Waals surface area contributed by atoms with Crippen LogP contribution in [0.25, 0.3) is 55.6 Å². The van der Waals surface area contributed by atoms with Crippen molar-refractivity contribution in [3.05, 3.63) is 139 Å². The van der Waals surface area contributed by atoms with Crippen LogP contribution in [0.15, 0.2) is 120 Å². The van der Waals surface area contributed by atoms with E-state index in [4.69, 9.17) is 4.42 Å². The zero-order valence-electron chi connectivity index (χ0n) is 28.1. The van der Waals surface area contributed by atoms with Crippen LogP contribution < -0.4 is 4.40 Å². The van der Waals surface area contributed by atoms with Gasteiger partial charge in [-0.05, 0) is 46.7 Å². The van der Waals surface area contributed by atoms with Crippen molar-refractivity contribution in [3.63, 3.8) is 0 Å². The van der Waals surface area contributed by atoms with Gasteiger partial charge in [0.1, 0.15) is 11.4 Å². The second-order valence-electron chi connectivity index (χ2n) is 13.4. The van der Waals surface area contributed by atoms with Gasteiger partial charge in [-0.3, -0.25) is 0 Å². The minimum atomic E-state index is -1.72. The van der Waals surface area contributed by atoms with Gasteiger partial charge in [-0.15, -0.1) is 17.7 Å². The van der Waals surface area contributed by atoms with E-state index in [1.807, 2.05) is 73.1 Å². The van der Waals surface area contributed by atoms with Crippen molar-refractivity contribution < 1.29 is 28.9 Å². The molecule has 0 amide bonds. The molecule has 4 aromatic carbocycles. The molecule has 0 aliphatic heterocycles. The maximum atomic E-state index is 14.3. The van der Waals surface area contributed by atoms with Crippen molar-refractivity contribution in [3.8, 4) is 33.6 Å². The first kappa shape index (κ1) is 35.4. The smallest absolute Gasteiger partial charge is 0 e. The van der Waals surface area contributed by atoms with Crippen LogP contribution in [0, 0.1) is 23.9 Å². The molecule has 0 spiro atoms. The van der Waals surface area contributed by atoms with Crippen molar-refractivity contribution >= 4 is 39.6 Å². The van der Waals surface area contributed by atoms with Gasteiger partial charge in [0, 0.05) is 31.9 Å². The van der Waals surface area contributed by atoms with Crippen LogP contribution in [0.2, 0.25) is 17.3 Å². The molecular formula is C42H39FGeIrN2O-2. The van der Waals surface area contributed by atoms with Gasteiger partial charge < -0.3 is 9.40 Å². The summed E-state index contributed by atoms with van der Waals surface area (Å²) in [5, 5.41) is 1.91.